The molecule has 2 aliphatic rings. The standard InChI is InChI=1S/C23H27NO2/c1-5-24(18-12-8-10-16-9-6-7-11-17(16)18)20(26)23-14-13-22(4,19(25)15-23)21(23,2)3/h6-12H,5,13-15H2,1-4H3/t22-,23+/m0/s1. The molecule has 3 nitrogen and oxygen atoms in total. The third kappa shape index (κ3) is 1.89. The van der Waals surface area contributed by atoms with Gasteiger partial charge in [0.2, 0.25) is 5.91 Å². The first-order valence-corrected chi connectivity index (χ1v) is 9.61. The number of anilines is 1. The van der Waals surface area contributed by atoms with Crippen LogP contribution in [-0.2, 0) is 9.59 Å². The first-order chi connectivity index (χ1) is 12.3. The minimum absolute atomic E-state index is 0.121. The maximum Gasteiger partial charge on any atom is 0.234 e. The highest BCUT2D eigenvalue weighted by Crippen LogP contribution is 2.71. The molecule has 2 atom stereocenters. The van der Waals surface area contributed by atoms with Crippen LogP contribution in [-0.4, -0.2) is 18.2 Å². The van der Waals surface area contributed by atoms with Crippen LogP contribution in [0.25, 0.3) is 10.8 Å². The lowest BCUT2D eigenvalue weighted by atomic mass is 9.64. The highest BCUT2D eigenvalue weighted by Gasteiger charge is 2.73. The average molecular weight is 349 g/mol. The van der Waals surface area contributed by atoms with Crippen molar-refractivity contribution >= 4 is 28.2 Å². The zero-order valence-corrected chi connectivity index (χ0v) is 16.1. The summed E-state index contributed by atoms with van der Waals surface area (Å²) in [5.74, 6) is 0.381. The predicted molar refractivity (Wildman–Crippen MR) is 105 cm³/mol. The van der Waals surface area contributed by atoms with Gasteiger partial charge in [-0.2, -0.15) is 0 Å². The minimum atomic E-state index is -0.578. The van der Waals surface area contributed by atoms with Crippen LogP contribution in [0.4, 0.5) is 5.69 Å². The summed E-state index contributed by atoms with van der Waals surface area (Å²) in [6, 6.07) is 14.3. The summed E-state index contributed by atoms with van der Waals surface area (Å²) in [5.41, 5.74) is -0.313. The average Bonchev–Trinajstić information content (AvgIpc) is 2.93. The fourth-order valence-electron chi connectivity index (χ4n) is 5.46. The molecule has 136 valence electrons. The molecule has 0 aromatic heterocycles. The first-order valence-electron chi connectivity index (χ1n) is 9.61. The number of rotatable bonds is 3. The van der Waals surface area contributed by atoms with Crippen molar-refractivity contribution in [2.75, 3.05) is 11.4 Å². The van der Waals surface area contributed by atoms with E-state index in [9.17, 15) is 9.59 Å². The highest BCUT2D eigenvalue weighted by molar-refractivity contribution is 6.09. The predicted octanol–water partition coefficient (Wildman–Crippen LogP) is 4.98. The molecule has 2 aromatic rings. The van der Waals surface area contributed by atoms with Crippen molar-refractivity contribution in [1.82, 2.24) is 0 Å². The van der Waals surface area contributed by atoms with E-state index >= 15 is 0 Å². The van der Waals surface area contributed by atoms with Gasteiger partial charge in [-0.05, 0) is 36.6 Å². The van der Waals surface area contributed by atoms with Gasteiger partial charge in [-0.1, -0.05) is 57.2 Å². The van der Waals surface area contributed by atoms with Crippen LogP contribution >= 0.6 is 0 Å². The molecule has 0 heterocycles. The Balaban J connectivity index is 1.83. The molecule has 3 heteroatoms. The summed E-state index contributed by atoms with van der Waals surface area (Å²) in [7, 11) is 0. The maximum atomic E-state index is 13.9. The van der Waals surface area contributed by atoms with Gasteiger partial charge in [0.1, 0.15) is 5.78 Å². The molecule has 2 saturated carbocycles. The number of Topliss-reactive ketones (excluding diaryl/α,β-unsaturated/α-hetero) is 1. The molecule has 4 rings (SSSR count). The van der Waals surface area contributed by atoms with Gasteiger partial charge in [-0.15, -0.1) is 0 Å². The summed E-state index contributed by atoms with van der Waals surface area (Å²) in [5, 5.41) is 2.22. The Morgan fingerprint density at radius 1 is 1.04 bits per heavy atom. The fraction of sp³-hybridized carbons (Fsp3) is 0.478. The molecular weight excluding hydrogens is 322 g/mol. The Hall–Kier alpha value is -2.16. The SMILES string of the molecule is CCN(C(=O)[C@@]12CC[C@@](C)(C(=O)C1)C2(C)C)c1cccc2ccccc12. The topological polar surface area (TPSA) is 37.4 Å². The summed E-state index contributed by atoms with van der Waals surface area (Å²) < 4.78 is 0. The first kappa shape index (κ1) is 17.3. The van der Waals surface area contributed by atoms with Gasteiger partial charge in [0.25, 0.3) is 0 Å². The van der Waals surface area contributed by atoms with Crippen molar-refractivity contribution in [2.24, 2.45) is 16.2 Å². The molecule has 2 fully saturated rings. The Kier molecular flexibility index (Phi) is 3.60. The largest absolute Gasteiger partial charge is 0.312 e. The Morgan fingerprint density at radius 2 is 1.73 bits per heavy atom. The number of ketones is 1. The Bertz CT molecular complexity index is 910. The van der Waals surface area contributed by atoms with Crippen LogP contribution in [0.3, 0.4) is 0 Å². The quantitative estimate of drug-likeness (QED) is 0.784. The van der Waals surface area contributed by atoms with Crippen molar-refractivity contribution in [1.29, 1.82) is 0 Å². The molecule has 0 saturated heterocycles. The van der Waals surface area contributed by atoms with Crippen molar-refractivity contribution in [2.45, 2.75) is 47.0 Å². The van der Waals surface area contributed by atoms with Crippen LogP contribution in [0.1, 0.15) is 47.0 Å². The van der Waals surface area contributed by atoms with E-state index in [0.717, 1.165) is 29.3 Å². The summed E-state index contributed by atoms with van der Waals surface area (Å²) >= 11 is 0. The lowest BCUT2D eigenvalue weighted by Crippen LogP contribution is -2.49. The van der Waals surface area contributed by atoms with E-state index in [0.29, 0.717) is 13.0 Å². The van der Waals surface area contributed by atoms with E-state index in [1.54, 1.807) is 0 Å². The lowest BCUT2D eigenvalue weighted by molar-refractivity contribution is -0.134. The van der Waals surface area contributed by atoms with Gasteiger partial charge >= 0.3 is 0 Å². The third-order valence-electron chi connectivity index (χ3n) is 7.73. The van der Waals surface area contributed by atoms with E-state index in [-0.39, 0.29) is 22.5 Å². The molecule has 0 radical (unpaired) electrons. The number of hydrogen-bond acceptors (Lipinski definition) is 2. The number of amides is 1. The number of carbonyl (C=O) groups excluding carboxylic acids is 2. The Labute approximate surface area is 155 Å². The van der Waals surface area contributed by atoms with Crippen molar-refractivity contribution in [3.63, 3.8) is 0 Å². The highest BCUT2D eigenvalue weighted by atomic mass is 16.2. The number of carbonyl (C=O) groups is 2. The van der Waals surface area contributed by atoms with E-state index in [1.807, 2.05) is 36.1 Å². The van der Waals surface area contributed by atoms with Crippen LogP contribution in [0.15, 0.2) is 42.5 Å². The second-order valence-electron chi connectivity index (χ2n) is 8.69. The lowest BCUT2D eigenvalue weighted by Gasteiger charge is -2.41. The molecule has 0 aliphatic heterocycles. The van der Waals surface area contributed by atoms with Crippen molar-refractivity contribution < 1.29 is 9.59 Å². The smallest absolute Gasteiger partial charge is 0.234 e. The van der Waals surface area contributed by atoms with Gasteiger partial charge in [0.05, 0.1) is 11.1 Å². The van der Waals surface area contributed by atoms with Crippen LogP contribution < -0.4 is 4.90 Å². The van der Waals surface area contributed by atoms with Gasteiger partial charge in [0.15, 0.2) is 0 Å². The maximum absolute atomic E-state index is 13.9. The van der Waals surface area contributed by atoms with Crippen molar-refractivity contribution in [3.05, 3.63) is 42.5 Å². The zero-order valence-electron chi connectivity index (χ0n) is 16.1. The molecule has 1 amide bonds. The number of nitrogens with zero attached hydrogens (tertiary/aromatic N) is 1. The van der Waals surface area contributed by atoms with Crippen LogP contribution in [0, 0.1) is 16.2 Å². The number of benzene rings is 2. The fourth-order valence-corrected chi connectivity index (χ4v) is 5.46. The van der Waals surface area contributed by atoms with Gasteiger partial charge in [0, 0.05) is 23.8 Å². The summed E-state index contributed by atoms with van der Waals surface area (Å²) in [6.45, 7) is 8.94. The molecule has 0 spiro atoms. The van der Waals surface area contributed by atoms with Gasteiger partial charge < -0.3 is 4.90 Å². The zero-order chi connectivity index (χ0) is 18.7. The molecule has 0 unspecified atom stereocenters. The minimum Gasteiger partial charge on any atom is -0.312 e. The number of fused-ring (bicyclic) bond motifs is 3. The molecule has 2 aliphatic carbocycles. The number of hydrogen-bond donors (Lipinski definition) is 0. The normalized spacial score (nSPS) is 29.3. The van der Waals surface area contributed by atoms with Gasteiger partial charge in [-0.3, -0.25) is 9.59 Å². The molecule has 2 bridgehead atoms. The van der Waals surface area contributed by atoms with Crippen molar-refractivity contribution in [3.8, 4) is 0 Å². The molecule has 2 aromatic carbocycles. The molecular formula is C23H27NO2. The second-order valence-corrected chi connectivity index (χ2v) is 8.69. The second kappa shape index (κ2) is 5.42. The summed E-state index contributed by atoms with van der Waals surface area (Å²) in [6.07, 6.45) is 2.01. The van der Waals surface area contributed by atoms with Crippen LogP contribution in [0.2, 0.25) is 0 Å². The van der Waals surface area contributed by atoms with E-state index in [4.69, 9.17) is 0 Å². The van der Waals surface area contributed by atoms with Crippen LogP contribution in [0.5, 0.6) is 0 Å². The van der Waals surface area contributed by atoms with Gasteiger partial charge in [-0.25, -0.2) is 0 Å². The van der Waals surface area contributed by atoms with E-state index in [1.165, 1.54) is 0 Å². The van der Waals surface area contributed by atoms with E-state index < -0.39 is 5.41 Å². The molecule has 26 heavy (non-hydrogen) atoms. The monoisotopic (exact) mass is 349 g/mol. The molecule has 0 N–H and O–H groups in total. The van der Waals surface area contributed by atoms with E-state index in [2.05, 4.69) is 39.0 Å². The Morgan fingerprint density at radius 3 is 2.35 bits per heavy atom. The third-order valence-corrected chi connectivity index (χ3v) is 7.73. The summed E-state index contributed by atoms with van der Waals surface area (Å²) in [4.78, 5) is 28.6.